The van der Waals surface area contributed by atoms with Crippen LogP contribution in [0.5, 0.6) is 0 Å². The van der Waals surface area contributed by atoms with Crippen molar-refractivity contribution >= 4 is 24.1 Å². The Morgan fingerprint density at radius 3 is 2.70 bits per heavy atom. The van der Waals surface area contributed by atoms with Crippen molar-refractivity contribution in [2.75, 3.05) is 5.32 Å². The van der Waals surface area contributed by atoms with Crippen molar-refractivity contribution in [3.05, 3.63) is 42.6 Å². The number of nitrogens with two attached hydrogens (primary N) is 1. The molecule has 0 saturated carbocycles. The first-order valence-electron chi connectivity index (χ1n) is 6.38. The van der Waals surface area contributed by atoms with Crippen LogP contribution in [0.1, 0.15) is 19.8 Å². The molecule has 1 unspecified atom stereocenters. The molecule has 0 spiro atoms. The Hall–Kier alpha value is -1.85. The zero-order chi connectivity index (χ0) is 13.7. The number of nitrogens with zero attached hydrogens (tertiary/aromatic N) is 2. The summed E-state index contributed by atoms with van der Waals surface area (Å²) in [5, 5.41) is 7.01. The maximum atomic E-state index is 11.8. The molecule has 1 aromatic carbocycles. The van der Waals surface area contributed by atoms with Crippen LogP contribution in [0.25, 0.3) is 5.69 Å². The highest BCUT2D eigenvalue weighted by molar-refractivity contribution is 5.93. The molecule has 0 saturated heterocycles. The Kier molecular flexibility index (Phi) is 6.21. The van der Waals surface area contributed by atoms with Crippen LogP contribution in [0.3, 0.4) is 0 Å². The molecule has 1 atom stereocenters. The highest BCUT2D eigenvalue weighted by Gasteiger charge is 2.13. The molecule has 0 aliphatic heterocycles. The van der Waals surface area contributed by atoms with Gasteiger partial charge in [-0.2, -0.15) is 5.10 Å². The zero-order valence-electron chi connectivity index (χ0n) is 11.3. The molecule has 5 nitrogen and oxygen atoms in total. The molecule has 0 bridgehead atoms. The molecule has 2 aromatic rings. The van der Waals surface area contributed by atoms with E-state index in [1.54, 1.807) is 16.9 Å². The maximum absolute atomic E-state index is 11.8. The zero-order valence-corrected chi connectivity index (χ0v) is 12.1. The largest absolute Gasteiger partial charge is 0.320 e. The van der Waals surface area contributed by atoms with Crippen molar-refractivity contribution in [1.29, 1.82) is 0 Å². The lowest BCUT2D eigenvalue weighted by atomic mass is 10.2. The van der Waals surface area contributed by atoms with Gasteiger partial charge in [0.15, 0.2) is 5.82 Å². The summed E-state index contributed by atoms with van der Waals surface area (Å²) in [6.07, 6.45) is 3.36. The summed E-state index contributed by atoms with van der Waals surface area (Å²) >= 11 is 0. The first kappa shape index (κ1) is 16.2. The van der Waals surface area contributed by atoms with Crippen LogP contribution in [0, 0.1) is 0 Å². The first-order chi connectivity index (χ1) is 9.20. The molecule has 2 rings (SSSR count). The minimum atomic E-state index is -0.480. The van der Waals surface area contributed by atoms with E-state index >= 15 is 0 Å². The topological polar surface area (TPSA) is 72.9 Å². The summed E-state index contributed by atoms with van der Waals surface area (Å²) in [6.45, 7) is 2.00. The number of hydrogen-bond donors (Lipinski definition) is 2. The van der Waals surface area contributed by atoms with E-state index in [4.69, 9.17) is 5.73 Å². The number of para-hydroxylation sites is 1. The third-order valence-electron chi connectivity index (χ3n) is 2.80. The molecule has 1 amide bonds. The van der Waals surface area contributed by atoms with E-state index in [0.29, 0.717) is 12.2 Å². The minimum absolute atomic E-state index is 0. The fourth-order valence-corrected chi connectivity index (χ4v) is 1.78. The van der Waals surface area contributed by atoms with Gasteiger partial charge in [0.1, 0.15) is 0 Å². The van der Waals surface area contributed by atoms with Gasteiger partial charge in [0.05, 0.1) is 11.7 Å². The highest BCUT2D eigenvalue weighted by Crippen LogP contribution is 2.10. The van der Waals surface area contributed by atoms with Crippen molar-refractivity contribution in [2.45, 2.75) is 25.8 Å². The van der Waals surface area contributed by atoms with E-state index in [2.05, 4.69) is 10.4 Å². The van der Waals surface area contributed by atoms with Crippen LogP contribution < -0.4 is 11.1 Å². The van der Waals surface area contributed by atoms with Crippen molar-refractivity contribution in [2.24, 2.45) is 5.73 Å². The van der Waals surface area contributed by atoms with Gasteiger partial charge >= 0.3 is 0 Å². The number of halogens is 1. The summed E-state index contributed by atoms with van der Waals surface area (Å²) < 4.78 is 1.71. The summed E-state index contributed by atoms with van der Waals surface area (Å²) in [4.78, 5) is 11.8. The third-order valence-corrected chi connectivity index (χ3v) is 2.80. The van der Waals surface area contributed by atoms with Gasteiger partial charge in [-0.3, -0.25) is 4.79 Å². The number of anilines is 1. The van der Waals surface area contributed by atoms with Crippen molar-refractivity contribution < 1.29 is 4.79 Å². The number of hydrogen-bond acceptors (Lipinski definition) is 3. The Morgan fingerprint density at radius 2 is 2.05 bits per heavy atom. The van der Waals surface area contributed by atoms with Crippen LogP contribution in [-0.4, -0.2) is 21.7 Å². The second kappa shape index (κ2) is 7.67. The van der Waals surface area contributed by atoms with Crippen LogP contribution >= 0.6 is 12.4 Å². The minimum Gasteiger partial charge on any atom is -0.320 e. The summed E-state index contributed by atoms with van der Waals surface area (Å²) in [7, 11) is 0. The Morgan fingerprint density at radius 1 is 1.35 bits per heavy atom. The third kappa shape index (κ3) is 4.08. The van der Waals surface area contributed by atoms with Gasteiger partial charge in [-0.15, -0.1) is 12.4 Å². The second-order valence-electron chi connectivity index (χ2n) is 4.37. The number of carbonyl (C=O) groups excluding carboxylic acids is 1. The van der Waals surface area contributed by atoms with E-state index in [1.165, 1.54) is 0 Å². The molecule has 0 fully saturated rings. The number of aromatic nitrogens is 2. The summed E-state index contributed by atoms with van der Waals surface area (Å²) in [5.74, 6) is 0.320. The molecular formula is C14H19ClN4O. The van der Waals surface area contributed by atoms with Gasteiger partial charge in [-0.25, -0.2) is 4.68 Å². The monoisotopic (exact) mass is 294 g/mol. The number of rotatable bonds is 5. The van der Waals surface area contributed by atoms with E-state index in [-0.39, 0.29) is 18.3 Å². The molecule has 3 N–H and O–H groups in total. The number of nitrogens with one attached hydrogen (secondary N) is 1. The Balaban J connectivity index is 0.00000200. The van der Waals surface area contributed by atoms with Gasteiger partial charge in [0, 0.05) is 12.3 Å². The second-order valence-corrected chi connectivity index (χ2v) is 4.37. The summed E-state index contributed by atoms with van der Waals surface area (Å²) in [6, 6.07) is 11.0. The number of carbonyl (C=O) groups is 1. The van der Waals surface area contributed by atoms with Gasteiger partial charge in [0.2, 0.25) is 5.91 Å². The quantitative estimate of drug-likeness (QED) is 0.889. The molecule has 1 heterocycles. The molecule has 1 aromatic heterocycles. The standard InChI is InChI=1S/C14H18N4O.ClH/c1-2-6-12(15)14(19)16-13-9-10-18(17-13)11-7-4-3-5-8-11;/h3-5,7-10,12H,2,6,15H2,1H3,(H,16,17,19);1H. The molecule has 0 aliphatic rings. The van der Waals surface area contributed by atoms with Crippen LogP contribution in [0.2, 0.25) is 0 Å². The van der Waals surface area contributed by atoms with Crippen LogP contribution in [0.15, 0.2) is 42.6 Å². The molecular weight excluding hydrogens is 276 g/mol. The molecule has 0 aliphatic carbocycles. The fraction of sp³-hybridized carbons (Fsp3) is 0.286. The molecule has 6 heteroatoms. The smallest absolute Gasteiger partial charge is 0.242 e. The number of amides is 1. The Labute approximate surface area is 124 Å². The summed E-state index contributed by atoms with van der Waals surface area (Å²) in [5.41, 5.74) is 6.69. The number of benzene rings is 1. The predicted octanol–water partition coefficient (Wildman–Crippen LogP) is 2.36. The predicted molar refractivity (Wildman–Crippen MR) is 82.3 cm³/mol. The van der Waals surface area contributed by atoms with Gasteiger partial charge in [-0.05, 0) is 18.6 Å². The average Bonchev–Trinajstić information content (AvgIpc) is 2.88. The van der Waals surface area contributed by atoms with Gasteiger partial charge in [-0.1, -0.05) is 31.5 Å². The van der Waals surface area contributed by atoms with E-state index in [0.717, 1.165) is 12.1 Å². The Bertz CT molecular complexity index is 541. The van der Waals surface area contributed by atoms with Crippen molar-refractivity contribution in [3.63, 3.8) is 0 Å². The normalized spacial score (nSPS) is 11.5. The lowest BCUT2D eigenvalue weighted by molar-refractivity contribution is -0.117. The lowest BCUT2D eigenvalue weighted by Crippen LogP contribution is -2.35. The first-order valence-corrected chi connectivity index (χ1v) is 6.38. The molecule has 0 radical (unpaired) electrons. The SMILES string of the molecule is CCCC(N)C(=O)Nc1ccn(-c2ccccc2)n1.Cl. The fourth-order valence-electron chi connectivity index (χ4n) is 1.78. The van der Waals surface area contributed by atoms with Crippen molar-refractivity contribution in [1.82, 2.24) is 9.78 Å². The van der Waals surface area contributed by atoms with Gasteiger partial charge < -0.3 is 11.1 Å². The molecule has 20 heavy (non-hydrogen) atoms. The lowest BCUT2D eigenvalue weighted by Gasteiger charge is -2.09. The van der Waals surface area contributed by atoms with E-state index < -0.39 is 6.04 Å². The van der Waals surface area contributed by atoms with Crippen LogP contribution in [-0.2, 0) is 4.79 Å². The van der Waals surface area contributed by atoms with Gasteiger partial charge in [0.25, 0.3) is 0 Å². The van der Waals surface area contributed by atoms with E-state index in [9.17, 15) is 4.79 Å². The molecule has 108 valence electrons. The average molecular weight is 295 g/mol. The highest BCUT2D eigenvalue weighted by atomic mass is 35.5. The van der Waals surface area contributed by atoms with Crippen molar-refractivity contribution in [3.8, 4) is 5.69 Å². The van der Waals surface area contributed by atoms with Crippen LogP contribution in [0.4, 0.5) is 5.82 Å². The van der Waals surface area contributed by atoms with E-state index in [1.807, 2.05) is 37.3 Å². The maximum Gasteiger partial charge on any atom is 0.242 e.